The maximum atomic E-state index is 14.0. The quantitative estimate of drug-likeness (QED) is 0.364. The molecule has 1 fully saturated rings. The van der Waals surface area contributed by atoms with Gasteiger partial charge in [0.2, 0.25) is 0 Å². The van der Waals surface area contributed by atoms with E-state index in [0.717, 1.165) is 29.9 Å². The van der Waals surface area contributed by atoms with Gasteiger partial charge < -0.3 is 19.1 Å². The van der Waals surface area contributed by atoms with Crippen LogP contribution in [0.1, 0.15) is 33.9 Å². The lowest BCUT2D eigenvalue weighted by Crippen LogP contribution is -2.46. The Morgan fingerprint density at radius 2 is 1.71 bits per heavy atom. The number of nitrogens with zero attached hydrogens (tertiary/aromatic N) is 4. The van der Waals surface area contributed by atoms with E-state index in [1.54, 1.807) is 20.3 Å². The minimum absolute atomic E-state index is 0.193. The minimum Gasteiger partial charge on any atom is -0.497 e. The molecule has 2 aliphatic rings. The topological polar surface area (TPSA) is 83.9 Å². The van der Waals surface area contributed by atoms with Gasteiger partial charge in [0.15, 0.2) is 0 Å². The third-order valence-corrected chi connectivity index (χ3v) is 7.54. The SMILES string of the molecule is COc1ccc(C2CC(c3cccc(OC)c3)=NN2C(=O)CN(CCN2CCOCC2)C(=O)c2cccc(F)c2)cc1. The Hall–Kier alpha value is -4.28. The molecule has 0 saturated carbocycles. The molecule has 0 aliphatic carbocycles. The first kappa shape index (κ1) is 29.2. The standard InChI is InChI=1S/C32H35FN4O5/c1-40-27-11-9-23(10-12-27)30-21-29(24-5-4-8-28(20-24)41-2)34-37(30)31(38)22-36(14-13-35-15-17-42-18-16-35)32(39)25-6-3-7-26(33)19-25/h3-12,19-20,30H,13-18,21-22H2,1-2H3. The van der Waals surface area contributed by atoms with Crippen LogP contribution in [0, 0.1) is 5.82 Å². The molecule has 0 bridgehead atoms. The molecule has 1 saturated heterocycles. The van der Waals surface area contributed by atoms with Gasteiger partial charge in [0, 0.05) is 43.7 Å². The molecule has 9 nitrogen and oxygen atoms in total. The molecular weight excluding hydrogens is 539 g/mol. The van der Waals surface area contributed by atoms with Crippen LogP contribution in [0.25, 0.3) is 0 Å². The Bertz CT molecular complexity index is 1420. The zero-order chi connectivity index (χ0) is 29.5. The second-order valence-electron chi connectivity index (χ2n) is 10.2. The number of carbonyl (C=O) groups excluding carboxylic acids is 2. The number of hydrazone groups is 1. The first-order valence-corrected chi connectivity index (χ1v) is 14.0. The van der Waals surface area contributed by atoms with Crippen LogP contribution in [-0.4, -0.2) is 92.5 Å². The third-order valence-electron chi connectivity index (χ3n) is 7.54. The van der Waals surface area contributed by atoms with Crippen LogP contribution < -0.4 is 9.47 Å². The predicted octanol–water partition coefficient (Wildman–Crippen LogP) is 4.00. The van der Waals surface area contributed by atoms with Crippen molar-refractivity contribution in [1.82, 2.24) is 14.8 Å². The highest BCUT2D eigenvalue weighted by Gasteiger charge is 2.35. The lowest BCUT2D eigenvalue weighted by Gasteiger charge is -2.31. The fourth-order valence-electron chi connectivity index (χ4n) is 5.18. The number of benzene rings is 3. The normalized spacial score (nSPS) is 17.1. The monoisotopic (exact) mass is 574 g/mol. The molecule has 0 aromatic heterocycles. The van der Waals surface area contributed by atoms with E-state index >= 15 is 0 Å². The van der Waals surface area contributed by atoms with Crippen molar-refractivity contribution in [3.63, 3.8) is 0 Å². The van der Waals surface area contributed by atoms with Gasteiger partial charge in [-0.15, -0.1) is 0 Å². The molecule has 3 aromatic carbocycles. The van der Waals surface area contributed by atoms with Crippen LogP contribution in [0.15, 0.2) is 77.9 Å². The first-order valence-electron chi connectivity index (χ1n) is 14.0. The van der Waals surface area contributed by atoms with E-state index in [0.29, 0.717) is 44.2 Å². The molecule has 1 unspecified atom stereocenters. The zero-order valence-corrected chi connectivity index (χ0v) is 23.9. The van der Waals surface area contributed by atoms with Crippen LogP contribution in [0.5, 0.6) is 11.5 Å². The van der Waals surface area contributed by atoms with Crippen molar-refractivity contribution >= 4 is 17.5 Å². The average molecular weight is 575 g/mol. The highest BCUT2D eigenvalue weighted by molar-refractivity contribution is 6.04. The van der Waals surface area contributed by atoms with E-state index in [4.69, 9.17) is 19.3 Å². The fraction of sp³-hybridized carbons (Fsp3) is 0.344. The summed E-state index contributed by atoms with van der Waals surface area (Å²) in [6, 6.07) is 20.3. The molecule has 42 heavy (non-hydrogen) atoms. The number of rotatable bonds is 10. The molecule has 5 rings (SSSR count). The molecule has 10 heteroatoms. The van der Waals surface area contributed by atoms with E-state index in [-0.39, 0.29) is 24.1 Å². The van der Waals surface area contributed by atoms with Crippen molar-refractivity contribution in [2.45, 2.75) is 12.5 Å². The number of morpholine rings is 1. The van der Waals surface area contributed by atoms with Gasteiger partial charge in [0.05, 0.1) is 39.2 Å². The second kappa shape index (κ2) is 13.6. The van der Waals surface area contributed by atoms with Crippen molar-refractivity contribution in [2.75, 3.05) is 60.2 Å². The summed E-state index contributed by atoms with van der Waals surface area (Å²) in [5.41, 5.74) is 2.67. The maximum absolute atomic E-state index is 14.0. The van der Waals surface area contributed by atoms with Crippen molar-refractivity contribution in [3.05, 3.63) is 95.3 Å². The number of hydrogen-bond donors (Lipinski definition) is 0. The molecular formula is C32H35FN4O5. The summed E-state index contributed by atoms with van der Waals surface area (Å²) < 4.78 is 30.2. The number of amides is 2. The van der Waals surface area contributed by atoms with E-state index in [2.05, 4.69) is 4.90 Å². The Morgan fingerprint density at radius 3 is 2.43 bits per heavy atom. The summed E-state index contributed by atoms with van der Waals surface area (Å²) in [4.78, 5) is 31.2. The number of hydrogen-bond acceptors (Lipinski definition) is 7. The van der Waals surface area contributed by atoms with Gasteiger partial charge in [0.25, 0.3) is 11.8 Å². The van der Waals surface area contributed by atoms with Gasteiger partial charge in [-0.25, -0.2) is 9.40 Å². The van der Waals surface area contributed by atoms with E-state index in [9.17, 15) is 14.0 Å². The Morgan fingerprint density at radius 1 is 0.976 bits per heavy atom. The molecule has 0 radical (unpaired) electrons. The Balaban J connectivity index is 1.42. The van der Waals surface area contributed by atoms with Crippen LogP contribution in [0.4, 0.5) is 4.39 Å². The molecule has 220 valence electrons. The van der Waals surface area contributed by atoms with Crippen molar-refractivity contribution in [1.29, 1.82) is 0 Å². The molecule has 1 atom stereocenters. The zero-order valence-electron chi connectivity index (χ0n) is 23.9. The predicted molar refractivity (Wildman–Crippen MR) is 156 cm³/mol. The number of ether oxygens (including phenoxy) is 3. The third kappa shape index (κ3) is 6.95. The van der Waals surface area contributed by atoms with E-state index in [1.807, 2.05) is 48.5 Å². The van der Waals surface area contributed by atoms with Crippen molar-refractivity contribution in [3.8, 4) is 11.5 Å². The molecule has 3 aromatic rings. The molecule has 2 heterocycles. The first-order chi connectivity index (χ1) is 20.4. The van der Waals surface area contributed by atoms with Gasteiger partial charge in [0.1, 0.15) is 23.9 Å². The average Bonchev–Trinajstić information content (AvgIpc) is 3.49. The van der Waals surface area contributed by atoms with Crippen molar-refractivity contribution in [2.24, 2.45) is 5.10 Å². The van der Waals surface area contributed by atoms with Gasteiger partial charge in [-0.3, -0.25) is 14.5 Å². The minimum atomic E-state index is -0.507. The van der Waals surface area contributed by atoms with E-state index < -0.39 is 11.7 Å². The summed E-state index contributed by atoms with van der Waals surface area (Å²) in [6.07, 6.45) is 0.483. The number of halogens is 1. The van der Waals surface area contributed by atoms with Crippen LogP contribution in [-0.2, 0) is 9.53 Å². The second-order valence-corrected chi connectivity index (χ2v) is 10.2. The lowest BCUT2D eigenvalue weighted by molar-refractivity contribution is -0.133. The van der Waals surface area contributed by atoms with E-state index in [1.165, 1.54) is 28.1 Å². The highest BCUT2D eigenvalue weighted by atomic mass is 19.1. The Labute approximate surface area is 245 Å². The Kier molecular flexibility index (Phi) is 9.45. The highest BCUT2D eigenvalue weighted by Crippen LogP contribution is 2.34. The number of methoxy groups -OCH3 is 2. The largest absolute Gasteiger partial charge is 0.497 e. The maximum Gasteiger partial charge on any atom is 0.262 e. The smallest absolute Gasteiger partial charge is 0.262 e. The molecule has 2 aliphatic heterocycles. The molecule has 0 N–H and O–H groups in total. The van der Waals surface area contributed by atoms with Crippen molar-refractivity contribution < 1.29 is 28.2 Å². The van der Waals surface area contributed by atoms with Crippen LogP contribution in [0.3, 0.4) is 0 Å². The summed E-state index contributed by atoms with van der Waals surface area (Å²) in [6.45, 7) is 3.39. The summed E-state index contributed by atoms with van der Waals surface area (Å²) in [7, 11) is 3.21. The summed E-state index contributed by atoms with van der Waals surface area (Å²) >= 11 is 0. The summed E-state index contributed by atoms with van der Waals surface area (Å²) in [5, 5.41) is 6.24. The molecule has 2 amide bonds. The van der Waals surface area contributed by atoms with Gasteiger partial charge in [-0.2, -0.15) is 5.10 Å². The molecule has 0 spiro atoms. The fourth-order valence-corrected chi connectivity index (χ4v) is 5.18. The summed E-state index contributed by atoms with van der Waals surface area (Å²) in [5.74, 6) is 0.148. The lowest BCUT2D eigenvalue weighted by atomic mass is 9.98. The number of carbonyl (C=O) groups is 2. The van der Waals surface area contributed by atoms with Gasteiger partial charge in [-0.1, -0.05) is 30.3 Å². The van der Waals surface area contributed by atoms with Gasteiger partial charge in [-0.05, 0) is 48.0 Å². The van der Waals surface area contributed by atoms with Gasteiger partial charge >= 0.3 is 0 Å². The van der Waals surface area contributed by atoms with Crippen LogP contribution >= 0.6 is 0 Å². The van der Waals surface area contributed by atoms with Crippen LogP contribution in [0.2, 0.25) is 0 Å².